The molecule has 0 bridgehead atoms. The van der Waals surface area contributed by atoms with Crippen molar-refractivity contribution in [1.82, 2.24) is 15.5 Å². The van der Waals surface area contributed by atoms with Gasteiger partial charge >= 0.3 is 18.2 Å². The summed E-state index contributed by atoms with van der Waals surface area (Å²) in [5.74, 6) is -0.826. The average Bonchev–Trinajstić information content (AvgIpc) is 3.28. The number of benzene rings is 1. The third-order valence-electron chi connectivity index (χ3n) is 4.55. The number of anilines is 2. The molecule has 8 nitrogen and oxygen atoms in total. The van der Waals surface area contributed by atoms with E-state index in [0.717, 1.165) is 0 Å². The summed E-state index contributed by atoms with van der Waals surface area (Å²) in [6.45, 7) is -0.135. The first-order valence-electron chi connectivity index (χ1n) is 8.82. The molecule has 0 radical (unpaired) electrons. The summed E-state index contributed by atoms with van der Waals surface area (Å²) in [6, 6.07) is 4.89. The molecule has 1 unspecified atom stereocenters. The van der Waals surface area contributed by atoms with E-state index in [-0.39, 0.29) is 12.6 Å². The van der Waals surface area contributed by atoms with E-state index in [9.17, 15) is 27.6 Å². The summed E-state index contributed by atoms with van der Waals surface area (Å²) in [7, 11) is 0. The molecule has 1 aromatic rings. The molecule has 1 aromatic carbocycles. The van der Waals surface area contributed by atoms with Crippen LogP contribution in [0.2, 0.25) is 0 Å². The third-order valence-corrected chi connectivity index (χ3v) is 4.55. The zero-order valence-corrected chi connectivity index (χ0v) is 14.9. The van der Waals surface area contributed by atoms with Crippen molar-refractivity contribution in [2.24, 2.45) is 0 Å². The minimum atomic E-state index is -4.51. The van der Waals surface area contributed by atoms with Crippen LogP contribution in [-0.4, -0.2) is 61.3 Å². The maximum absolute atomic E-state index is 12.5. The van der Waals surface area contributed by atoms with E-state index >= 15 is 0 Å². The minimum Gasteiger partial charge on any atom is -0.345 e. The van der Waals surface area contributed by atoms with Crippen LogP contribution in [0.4, 0.5) is 34.1 Å². The number of carbonyl (C=O) groups excluding carboxylic acids is 3. The number of amides is 5. The van der Waals surface area contributed by atoms with Crippen LogP contribution < -0.4 is 20.9 Å². The molecule has 1 atom stereocenters. The molecule has 152 valence electrons. The second-order valence-corrected chi connectivity index (χ2v) is 6.55. The first kappa shape index (κ1) is 19.8. The molecule has 5 amide bonds. The molecular weight excluding hydrogens is 379 g/mol. The molecular formula is C17H20F3N5O3. The first-order valence-corrected chi connectivity index (χ1v) is 8.82. The number of nitrogens with one attached hydrogen (secondary N) is 3. The molecule has 2 heterocycles. The Kier molecular flexibility index (Phi) is 5.61. The number of hydrogen-bond donors (Lipinski definition) is 3. The number of likely N-dealkylation sites (tertiary alicyclic amines) is 1. The van der Waals surface area contributed by atoms with E-state index < -0.39 is 30.7 Å². The average molecular weight is 399 g/mol. The van der Waals surface area contributed by atoms with Crippen molar-refractivity contribution < 1.29 is 27.6 Å². The zero-order chi connectivity index (χ0) is 20.3. The summed E-state index contributed by atoms with van der Waals surface area (Å²) in [5, 5.41) is 7.15. The van der Waals surface area contributed by atoms with Gasteiger partial charge in [0, 0.05) is 31.0 Å². The highest BCUT2D eigenvalue weighted by Crippen LogP contribution is 2.23. The second-order valence-electron chi connectivity index (χ2n) is 6.55. The van der Waals surface area contributed by atoms with E-state index in [1.165, 1.54) is 9.80 Å². The predicted octanol–water partition coefficient (Wildman–Crippen LogP) is 1.89. The number of halogens is 3. The fourth-order valence-corrected chi connectivity index (χ4v) is 3.25. The molecule has 2 fully saturated rings. The van der Waals surface area contributed by atoms with Gasteiger partial charge in [-0.2, -0.15) is 13.2 Å². The van der Waals surface area contributed by atoms with Crippen molar-refractivity contribution in [2.45, 2.75) is 25.1 Å². The van der Waals surface area contributed by atoms with Crippen molar-refractivity contribution >= 4 is 29.3 Å². The van der Waals surface area contributed by atoms with Crippen LogP contribution >= 0.6 is 0 Å². The number of nitrogens with zero attached hydrogens (tertiary/aromatic N) is 2. The SMILES string of the molecule is O=C(NCC(F)(F)F)C1CCCN1C(=O)Nc1cccc(N2CCNC2=O)c1. The summed E-state index contributed by atoms with van der Waals surface area (Å²) in [5.41, 5.74) is 1.03. The number of hydrogen-bond acceptors (Lipinski definition) is 3. The fourth-order valence-electron chi connectivity index (χ4n) is 3.25. The molecule has 28 heavy (non-hydrogen) atoms. The first-order chi connectivity index (χ1) is 13.2. The van der Waals surface area contributed by atoms with Crippen molar-refractivity contribution in [3.05, 3.63) is 24.3 Å². The van der Waals surface area contributed by atoms with Crippen LogP contribution in [0, 0.1) is 0 Å². The molecule has 0 aliphatic carbocycles. The topological polar surface area (TPSA) is 93.8 Å². The lowest BCUT2D eigenvalue weighted by atomic mass is 10.2. The largest absolute Gasteiger partial charge is 0.405 e. The summed E-state index contributed by atoms with van der Waals surface area (Å²) < 4.78 is 36.9. The van der Waals surface area contributed by atoms with Crippen molar-refractivity contribution in [1.29, 1.82) is 0 Å². The summed E-state index contributed by atoms with van der Waals surface area (Å²) >= 11 is 0. The normalized spacial score (nSPS) is 19.5. The lowest BCUT2D eigenvalue weighted by molar-refractivity contribution is -0.140. The van der Waals surface area contributed by atoms with Gasteiger partial charge in [0.1, 0.15) is 12.6 Å². The molecule has 0 saturated carbocycles. The smallest absolute Gasteiger partial charge is 0.345 e. The van der Waals surface area contributed by atoms with E-state index in [1.54, 1.807) is 24.3 Å². The van der Waals surface area contributed by atoms with Gasteiger partial charge in [0.05, 0.1) is 0 Å². The molecule has 2 aliphatic heterocycles. The molecule has 3 N–H and O–H groups in total. The second kappa shape index (κ2) is 7.95. The number of carbonyl (C=O) groups is 3. The van der Waals surface area contributed by atoms with E-state index in [1.807, 2.05) is 5.32 Å². The predicted molar refractivity (Wildman–Crippen MR) is 95.0 cm³/mol. The molecule has 0 aromatic heterocycles. The van der Waals surface area contributed by atoms with Gasteiger partial charge in [-0.3, -0.25) is 9.69 Å². The highest BCUT2D eigenvalue weighted by Gasteiger charge is 2.36. The Morgan fingerprint density at radius 2 is 2.04 bits per heavy atom. The monoisotopic (exact) mass is 399 g/mol. The molecule has 11 heteroatoms. The standard InChI is InChI=1S/C17H20F3N5O3/c18-17(19,20)10-22-14(26)13-5-2-7-25(13)16(28)23-11-3-1-4-12(9-11)24-8-6-21-15(24)27/h1,3-4,9,13H,2,5-8,10H2,(H,21,27)(H,22,26)(H,23,28). The Hall–Kier alpha value is -2.98. The number of urea groups is 2. The van der Waals surface area contributed by atoms with Gasteiger partial charge in [0.2, 0.25) is 5.91 Å². The Morgan fingerprint density at radius 1 is 1.25 bits per heavy atom. The van der Waals surface area contributed by atoms with Crippen LogP contribution in [0.25, 0.3) is 0 Å². The highest BCUT2D eigenvalue weighted by molar-refractivity contribution is 5.97. The van der Waals surface area contributed by atoms with Gasteiger partial charge in [-0.25, -0.2) is 9.59 Å². The van der Waals surface area contributed by atoms with Crippen LogP contribution in [0.5, 0.6) is 0 Å². The lowest BCUT2D eigenvalue weighted by Crippen LogP contribution is -2.49. The summed E-state index contributed by atoms with van der Waals surface area (Å²) in [4.78, 5) is 39.1. The van der Waals surface area contributed by atoms with Gasteiger partial charge in [-0.1, -0.05) is 6.07 Å². The third kappa shape index (κ3) is 4.65. The highest BCUT2D eigenvalue weighted by atomic mass is 19.4. The van der Waals surface area contributed by atoms with Gasteiger partial charge in [0.15, 0.2) is 0 Å². The molecule has 2 saturated heterocycles. The zero-order valence-electron chi connectivity index (χ0n) is 14.9. The lowest BCUT2D eigenvalue weighted by Gasteiger charge is -2.25. The van der Waals surface area contributed by atoms with Gasteiger partial charge in [-0.15, -0.1) is 0 Å². The van der Waals surface area contributed by atoms with Gasteiger partial charge in [-0.05, 0) is 31.0 Å². The van der Waals surface area contributed by atoms with E-state index in [4.69, 9.17) is 0 Å². The van der Waals surface area contributed by atoms with Crippen LogP contribution in [0.1, 0.15) is 12.8 Å². The summed E-state index contributed by atoms with van der Waals surface area (Å²) in [6.07, 6.45) is -3.69. The quantitative estimate of drug-likeness (QED) is 0.722. The van der Waals surface area contributed by atoms with Crippen LogP contribution in [0.3, 0.4) is 0 Å². The Labute approximate surface area is 159 Å². The van der Waals surface area contributed by atoms with E-state index in [0.29, 0.717) is 37.3 Å². The van der Waals surface area contributed by atoms with Gasteiger partial charge < -0.3 is 20.9 Å². The Balaban J connectivity index is 1.63. The van der Waals surface area contributed by atoms with Crippen molar-refractivity contribution in [3.8, 4) is 0 Å². The Morgan fingerprint density at radius 3 is 2.71 bits per heavy atom. The molecule has 3 rings (SSSR count). The maximum atomic E-state index is 12.5. The van der Waals surface area contributed by atoms with Crippen molar-refractivity contribution in [3.63, 3.8) is 0 Å². The van der Waals surface area contributed by atoms with E-state index in [2.05, 4.69) is 10.6 Å². The van der Waals surface area contributed by atoms with Crippen molar-refractivity contribution in [2.75, 3.05) is 36.4 Å². The number of rotatable bonds is 4. The van der Waals surface area contributed by atoms with Crippen LogP contribution in [0.15, 0.2) is 24.3 Å². The number of alkyl halides is 3. The van der Waals surface area contributed by atoms with Crippen LogP contribution in [-0.2, 0) is 4.79 Å². The fraction of sp³-hybridized carbons (Fsp3) is 0.471. The maximum Gasteiger partial charge on any atom is 0.405 e. The minimum absolute atomic E-state index is 0.232. The van der Waals surface area contributed by atoms with Gasteiger partial charge in [0.25, 0.3) is 0 Å². The molecule has 0 spiro atoms. The Bertz CT molecular complexity index is 771. The molecule has 2 aliphatic rings.